The molecule has 1 amide bonds. The molecular formula is C16H12Cl2N2O5. The maximum Gasteiger partial charge on any atom is 0.338 e. The molecule has 9 heteroatoms. The molecule has 0 aromatic heterocycles. The summed E-state index contributed by atoms with van der Waals surface area (Å²) in [6.07, 6.45) is 0. The minimum Gasteiger partial charge on any atom is -0.452 e. The van der Waals surface area contributed by atoms with Gasteiger partial charge in [-0.25, -0.2) is 4.79 Å². The van der Waals surface area contributed by atoms with Crippen LogP contribution in [0.4, 0.5) is 11.4 Å². The Hall–Kier alpha value is -2.64. The monoisotopic (exact) mass is 382 g/mol. The van der Waals surface area contributed by atoms with Gasteiger partial charge in [-0.05, 0) is 37.3 Å². The van der Waals surface area contributed by atoms with E-state index in [4.69, 9.17) is 27.9 Å². The summed E-state index contributed by atoms with van der Waals surface area (Å²) in [5.41, 5.74) is 0.609. The average molecular weight is 383 g/mol. The van der Waals surface area contributed by atoms with Crippen molar-refractivity contribution >= 4 is 46.5 Å². The molecule has 2 aromatic carbocycles. The van der Waals surface area contributed by atoms with Gasteiger partial charge in [-0.1, -0.05) is 23.2 Å². The van der Waals surface area contributed by atoms with Crippen molar-refractivity contribution in [1.82, 2.24) is 0 Å². The Morgan fingerprint density at radius 1 is 1.20 bits per heavy atom. The molecule has 0 heterocycles. The van der Waals surface area contributed by atoms with Crippen molar-refractivity contribution in [3.8, 4) is 0 Å². The number of amides is 1. The number of carbonyl (C=O) groups excluding carboxylic acids is 2. The fraction of sp³-hybridized carbons (Fsp3) is 0.125. The van der Waals surface area contributed by atoms with Crippen molar-refractivity contribution < 1.29 is 19.2 Å². The lowest BCUT2D eigenvalue weighted by atomic mass is 10.1. The smallest absolute Gasteiger partial charge is 0.338 e. The molecule has 0 saturated carbocycles. The Balaban J connectivity index is 1.97. The second-order valence-corrected chi connectivity index (χ2v) is 5.85. The van der Waals surface area contributed by atoms with Crippen molar-refractivity contribution in [1.29, 1.82) is 0 Å². The van der Waals surface area contributed by atoms with Crippen molar-refractivity contribution in [3.63, 3.8) is 0 Å². The lowest BCUT2D eigenvalue weighted by Gasteiger charge is -2.09. The van der Waals surface area contributed by atoms with E-state index in [-0.39, 0.29) is 16.3 Å². The van der Waals surface area contributed by atoms with Crippen molar-refractivity contribution in [3.05, 3.63) is 67.7 Å². The second kappa shape index (κ2) is 7.96. The van der Waals surface area contributed by atoms with Gasteiger partial charge in [0.15, 0.2) is 6.61 Å². The largest absolute Gasteiger partial charge is 0.452 e. The highest BCUT2D eigenvalue weighted by atomic mass is 35.5. The molecule has 1 N–H and O–H groups in total. The van der Waals surface area contributed by atoms with Gasteiger partial charge in [0.05, 0.1) is 21.2 Å². The molecule has 0 saturated heterocycles. The molecule has 2 aromatic rings. The molecule has 0 atom stereocenters. The number of hydrogen-bond acceptors (Lipinski definition) is 5. The van der Waals surface area contributed by atoms with Gasteiger partial charge in [0.1, 0.15) is 0 Å². The maximum absolute atomic E-state index is 11.9. The first-order chi connectivity index (χ1) is 11.8. The van der Waals surface area contributed by atoms with Gasteiger partial charge in [0.2, 0.25) is 0 Å². The van der Waals surface area contributed by atoms with Gasteiger partial charge in [-0.3, -0.25) is 14.9 Å². The van der Waals surface area contributed by atoms with E-state index in [0.717, 1.165) is 0 Å². The number of benzene rings is 2. The highest BCUT2D eigenvalue weighted by Gasteiger charge is 2.16. The summed E-state index contributed by atoms with van der Waals surface area (Å²) in [6.45, 7) is 0.959. The number of nitro benzene ring substituents is 1. The summed E-state index contributed by atoms with van der Waals surface area (Å²) in [4.78, 5) is 34.0. The molecule has 0 spiro atoms. The van der Waals surface area contributed by atoms with Gasteiger partial charge in [0.25, 0.3) is 11.6 Å². The SMILES string of the molecule is Cc1cc(C(=O)OCC(=O)Nc2cc(Cl)ccc2Cl)ccc1[N+](=O)[O-]. The van der Waals surface area contributed by atoms with Crippen LogP contribution in [0.3, 0.4) is 0 Å². The van der Waals surface area contributed by atoms with E-state index in [0.29, 0.717) is 16.3 Å². The minimum atomic E-state index is -0.773. The van der Waals surface area contributed by atoms with Gasteiger partial charge < -0.3 is 10.1 Å². The third-order valence-corrected chi connectivity index (χ3v) is 3.73. The van der Waals surface area contributed by atoms with Crippen LogP contribution in [0.1, 0.15) is 15.9 Å². The molecule has 0 unspecified atom stereocenters. The van der Waals surface area contributed by atoms with Crippen LogP contribution in [0.5, 0.6) is 0 Å². The first kappa shape index (κ1) is 18.7. The molecule has 0 fully saturated rings. The Labute approximate surface area is 152 Å². The number of nitrogens with one attached hydrogen (secondary N) is 1. The number of halogens is 2. The Bertz CT molecular complexity index is 854. The number of carbonyl (C=O) groups is 2. The number of anilines is 1. The topological polar surface area (TPSA) is 98.5 Å². The molecule has 0 aliphatic heterocycles. The fourth-order valence-electron chi connectivity index (χ4n) is 1.98. The Morgan fingerprint density at radius 2 is 1.92 bits per heavy atom. The van der Waals surface area contributed by atoms with Gasteiger partial charge >= 0.3 is 5.97 Å². The van der Waals surface area contributed by atoms with E-state index in [1.54, 1.807) is 6.07 Å². The molecule has 25 heavy (non-hydrogen) atoms. The van der Waals surface area contributed by atoms with E-state index in [9.17, 15) is 19.7 Å². The van der Waals surface area contributed by atoms with Crippen LogP contribution < -0.4 is 5.32 Å². The normalized spacial score (nSPS) is 10.2. The number of nitro groups is 1. The zero-order valence-electron chi connectivity index (χ0n) is 12.9. The summed E-state index contributed by atoms with van der Waals surface area (Å²) < 4.78 is 4.89. The summed E-state index contributed by atoms with van der Waals surface area (Å²) >= 11 is 11.7. The Morgan fingerprint density at radius 3 is 2.56 bits per heavy atom. The van der Waals surface area contributed by atoms with Gasteiger partial charge in [0, 0.05) is 16.7 Å². The molecule has 0 aliphatic rings. The van der Waals surface area contributed by atoms with E-state index in [2.05, 4.69) is 5.32 Å². The minimum absolute atomic E-state index is 0.107. The predicted molar refractivity (Wildman–Crippen MR) is 93.2 cm³/mol. The van der Waals surface area contributed by atoms with Crippen LogP contribution in [-0.4, -0.2) is 23.4 Å². The number of rotatable bonds is 5. The van der Waals surface area contributed by atoms with Crippen LogP contribution in [0.2, 0.25) is 10.0 Å². The lowest BCUT2D eigenvalue weighted by Crippen LogP contribution is -2.21. The van der Waals surface area contributed by atoms with Gasteiger partial charge in [-0.15, -0.1) is 0 Å². The van der Waals surface area contributed by atoms with Crippen LogP contribution in [-0.2, 0) is 9.53 Å². The van der Waals surface area contributed by atoms with Crippen LogP contribution in [0.15, 0.2) is 36.4 Å². The van der Waals surface area contributed by atoms with Crippen molar-refractivity contribution in [2.24, 2.45) is 0 Å². The first-order valence-electron chi connectivity index (χ1n) is 6.95. The number of hydrogen-bond donors (Lipinski definition) is 1. The molecule has 2 rings (SSSR count). The van der Waals surface area contributed by atoms with E-state index in [1.807, 2.05) is 0 Å². The third-order valence-electron chi connectivity index (χ3n) is 3.17. The molecule has 0 aliphatic carbocycles. The summed E-state index contributed by atoms with van der Waals surface area (Å²) in [5.74, 6) is -1.37. The van der Waals surface area contributed by atoms with Crippen LogP contribution in [0, 0.1) is 17.0 Å². The second-order valence-electron chi connectivity index (χ2n) is 5.01. The van der Waals surface area contributed by atoms with E-state index >= 15 is 0 Å². The highest BCUT2D eigenvalue weighted by Crippen LogP contribution is 2.25. The highest BCUT2D eigenvalue weighted by molar-refractivity contribution is 6.35. The predicted octanol–water partition coefficient (Wildman–Crippen LogP) is 4.01. The average Bonchev–Trinajstić information content (AvgIpc) is 2.55. The Kier molecular flexibility index (Phi) is 5.95. The van der Waals surface area contributed by atoms with E-state index < -0.39 is 23.4 Å². The molecule has 0 bridgehead atoms. The van der Waals surface area contributed by atoms with Crippen LogP contribution >= 0.6 is 23.2 Å². The summed E-state index contributed by atoms with van der Waals surface area (Å²) in [6, 6.07) is 8.34. The lowest BCUT2D eigenvalue weighted by molar-refractivity contribution is -0.385. The zero-order valence-corrected chi connectivity index (χ0v) is 14.4. The van der Waals surface area contributed by atoms with E-state index in [1.165, 1.54) is 37.3 Å². The third kappa shape index (κ3) is 4.91. The number of ether oxygens (including phenoxy) is 1. The van der Waals surface area contributed by atoms with Crippen molar-refractivity contribution in [2.45, 2.75) is 6.92 Å². The number of esters is 1. The van der Waals surface area contributed by atoms with Crippen molar-refractivity contribution in [2.75, 3.05) is 11.9 Å². The van der Waals surface area contributed by atoms with Gasteiger partial charge in [-0.2, -0.15) is 0 Å². The fourth-order valence-corrected chi connectivity index (χ4v) is 2.32. The molecule has 7 nitrogen and oxygen atoms in total. The zero-order chi connectivity index (χ0) is 18.6. The molecule has 130 valence electrons. The molecular weight excluding hydrogens is 371 g/mol. The number of nitrogens with zero attached hydrogens (tertiary/aromatic N) is 1. The summed E-state index contributed by atoms with van der Waals surface area (Å²) in [5, 5.41) is 13.9. The maximum atomic E-state index is 11.9. The van der Waals surface area contributed by atoms with Crippen LogP contribution in [0.25, 0.3) is 0 Å². The summed E-state index contributed by atoms with van der Waals surface area (Å²) in [7, 11) is 0. The molecule has 0 radical (unpaired) electrons. The quantitative estimate of drug-likeness (QED) is 0.478. The standard InChI is InChI=1S/C16H12Cl2N2O5/c1-9-6-10(2-5-14(9)20(23)24)16(22)25-8-15(21)19-13-7-11(17)3-4-12(13)18/h2-7H,8H2,1H3,(H,19,21). The number of aryl methyl sites for hydroxylation is 1. The first-order valence-corrected chi connectivity index (χ1v) is 7.70.